The van der Waals surface area contributed by atoms with Gasteiger partial charge in [0.15, 0.2) is 0 Å². The second-order valence-corrected chi connectivity index (χ2v) is 5.67. The van der Waals surface area contributed by atoms with Crippen LogP contribution in [0.25, 0.3) is 0 Å². The first kappa shape index (κ1) is 16.0. The molecule has 0 fully saturated rings. The predicted octanol–water partition coefficient (Wildman–Crippen LogP) is 3.24. The molecule has 0 aliphatic rings. The fourth-order valence-electron chi connectivity index (χ4n) is 1.87. The number of aliphatic hydroxyl groups excluding tert-OH is 1. The summed E-state index contributed by atoms with van der Waals surface area (Å²) in [4.78, 5) is 12.3. The summed E-state index contributed by atoms with van der Waals surface area (Å²) >= 11 is 6.14. The minimum Gasteiger partial charge on any atom is -0.396 e. The number of nitrogens with one attached hydrogen (secondary N) is 1. The Bertz CT molecular complexity index is 473. The van der Waals surface area contributed by atoms with E-state index in [1.165, 1.54) is 0 Å². The first-order valence-electron chi connectivity index (χ1n) is 6.53. The van der Waals surface area contributed by atoms with Crippen molar-refractivity contribution in [2.75, 3.05) is 6.61 Å². The first-order chi connectivity index (χ1) is 8.83. The molecule has 1 atom stereocenters. The highest BCUT2D eigenvalue weighted by atomic mass is 35.5. The molecule has 2 N–H and O–H groups in total. The second-order valence-electron chi connectivity index (χ2n) is 5.26. The molecule has 1 aromatic rings. The van der Waals surface area contributed by atoms with Crippen LogP contribution in [0.4, 0.5) is 0 Å². The third kappa shape index (κ3) is 3.95. The van der Waals surface area contributed by atoms with Crippen molar-refractivity contribution in [1.82, 2.24) is 5.32 Å². The van der Waals surface area contributed by atoms with E-state index in [1.807, 2.05) is 33.8 Å². The van der Waals surface area contributed by atoms with Crippen LogP contribution in [-0.2, 0) is 0 Å². The van der Waals surface area contributed by atoms with Crippen LogP contribution in [0.2, 0.25) is 5.02 Å². The summed E-state index contributed by atoms with van der Waals surface area (Å²) < 4.78 is 0. The number of hydrogen-bond donors (Lipinski definition) is 2. The van der Waals surface area contributed by atoms with Crippen molar-refractivity contribution >= 4 is 17.5 Å². The van der Waals surface area contributed by atoms with Crippen molar-refractivity contribution in [1.29, 1.82) is 0 Å². The van der Waals surface area contributed by atoms with Crippen LogP contribution in [0.15, 0.2) is 12.1 Å². The molecule has 0 spiro atoms. The summed E-state index contributed by atoms with van der Waals surface area (Å²) in [5.74, 6) is -0.189. The first-order valence-corrected chi connectivity index (χ1v) is 6.91. The molecule has 19 heavy (non-hydrogen) atoms. The number of carbonyl (C=O) groups excluding carboxylic acids is 1. The van der Waals surface area contributed by atoms with E-state index < -0.39 is 5.54 Å². The Kier molecular flexibility index (Phi) is 5.39. The number of hydrogen-bond acceptors (Lipinski definition) is 2. The highest BCUT2D eigenvalue weighted by Gasteiger charge is 2.25. The van der Waals surface area contributed by atoms with Gasteiger partial charge in [-0.05, 0) is 56.9 Å². The van der Waals surface area contributed by atoms with Crippen molar-refractivity contribution in [3.8, 4) is 0 Å². The van der Waals surface area contributed by atoms with Gasteiger partial charge in [0, 0.05) is 12.1 Å². The minimum atomic E-state index is -0.409. The maximum absolute atomic E-state index is 12.3. The molecular formula is C15H22ClNO2. The monoisotopic (exact) mass is 283 g/mol. The van der Waals surface area contributed by atoms with Gasteiger partial charge < -0.3 is 10.4 Å². The number of halogens is 1. The Hall–Kier alpha value is -1.06. The summed E-state index contributed by atoms with van der Waals surface area (Å²) in [5.41, 5.74) is 2.18. The molecule has 1 rings (SSSR count). The molecular weight excluding hydrogens is 262 g/mol. The van der Waals surface area contributed by atoms with E-state index in [9.17, 15) is 4.79 Å². The summed E-state index contributed by atoms with van der Waals surface area (Å²) in [5, 5.41) is 12.5. The maximum atomic E-state index is 12.3. The molecule has 4 heteroatoms. The lowest BCUT2D eigenvalue weighted by atomic mass is 9.94. The molecule has 0 aliphatic carbocycles. The summed E-state index contributed by atoms with van der Waals surface area (Å²) in [7, 11) is 0. The molecule has 0 aliphatic heterocycles. The van der Waals surface area contributed by atoms with Crippen molar-refractivity contribution in [2.24, 2.45) is 0 Å². The number of aliphatic hydroxyl groups is 1. The van der Waals surface area contributed by atoms with E-state index in [0.717, 1.165) is 17.5 Å². The van der Waals surface area contributed by atoms with Gasteiger partial charge in [-0.2, -0.15) is 0 Å². The summed E-state index contributed by atoms with van der Waals surface area (Å²) in [6.07, 6.45) is 1.28. The zero-order chi connectivity index (χ0) is 14.6. The van der Waals surface area contributed by atoms with Crippen LogP contribution >= 0.6 is 11.6 Å². The molecule has 0 saturated carbocycles. The van der Waals surface area contributed by atoms with Crippen molar-refractivity contribution < 1.29 is 9.90 Å². The highest BCUT2D eigenvalue weighted by molar-refractivity contribution is 6.34. The maximum Gasteiger partial charge on any atom is 0.253 e. The third-order valence-corrected chi connectivity index (χ3v) is 4.00. The Morgan fingerprint density at radius 2 is 1.95 bits per heavy atom. The van der Waals surface area contributed by atoms with Crippen molar-refractivity contribution in [2.45, 2.75) is 46.1 Å². The quantitative estimate of drug-likeness (QED) is 0.871. The largest absolute Gasteiger partial charge is 0.396 e. The van der Waals surface area contributed by atoms with Crippen LogP contribution in [0.3, 0.4) is 0 Å². The molecule has 1 unspecified atom stereocenters. The van der Waals surface area contributed by atoms with Crippen molar-refractivity contribution in [3.63, 3.8) is 0 Å². The Balaban J connectivity index is 2.98. The van der Waals surface area contributed by atoms with E-state index in [-0.39, 0.29) is 12.5 Å². The van der Waals surface area contributed by atoms with E-state index in [4.69, 9.17) is 16.7 Å². The van der Waals surface area contributed by atoms with Gasteiger partial charge in [0.1, 0.15) is 0 Å². The fourth-order valence-corrected chi connectivity index (χ4v) is 2.17. The summed E-state index contributed by atoms with van der Waals surface area (Å²) in [6.45, 7) is 7.87. The zero-order valence-electron chi connectivity index (χ0n) is 12.0. The van der Waals surface area contributed by atoms with Gasteiger partial charge in [-0.3, -0.25) is 4.79 Å². The van der Waals surface area contributed by atoms with Crippen LogP contribution in [-0.4, -0.2) is 23.2 Å². The van der Waals surface area contributed by atoms with Gasteiger partial charge in [-0.1, -0.05) is 18.5 Å². The van der Waals surface area contributed by atoms with Crippen LogP contribution in [0.5, 0.6) is 0 Å². The number of benzene rings is 1. The fraction of sp³-hybridized carbons (Fsp3) is 0.533. The minimum absolute atomic E-state index is 0.0469. The normalized spacial score (nSPS) is 14.0. The Morgan fingerprint density at radius 1 is 1.37 bits per heavy atom. The lowest BCUT2D eigenvalue weighted by Crippen LogP contribution is -2.46. The molecule has 106 valence electrons. The van der Waals surface area contributed by atoms with E-state index in [1.54, 1.807) is 6.07 Å². The van der Waals surface area contributed by atoms with E-state index in [0.29, 0.717) is 17.0 Å². The van der Waals surface area contributed by atoms with E-state index >= 15 is 0 Å². The predicted molar refractivity (Wildman–Crippen MR) is 78.8 cm³/mol. The molecule has 1 aromatic carbocycles. The smallest absolute Gasteiger partial charge is 0.253 e. The van der Waals surface area contributed by atoms with Crippen molar-refractivity contribution in [3.05, 3.63) is 33.8 Å². The molecule has 1 amide bonds. The molecule has 0 heterocycles. The number of rotatable bonds is 5. The lowest BCUT2D eigenvalue weighted by Gasteiger charge is -2.29. The molecule has 3 nitrogen and oxygen atoms in total. The van der Waals surface area contributed by atoms with E-state index in [2.05, 4.69) is 5.32 Å². The highest BCUT2D eigenvalue weighted by Crippen LogP contribution is 2.22. The second kappa shape index (κ2) is 6.40. The topological polar surface area (TPSA) is 49.3 Å². The van der Waals surface area contributed by atoms with Crippen LogP contribution in [0.1, 0.15) is 48.2 Å². The van der Waals surface area contributed by atoms with Gasteiger partial charge in [-0.15, -0.1) is 0 Å². The standard InChI is InChI=1S/C15H22ClNO2/c1-5-15(4,6-7-18)17-14(19)12-8-10(2)11(3)9-13(12)16/h8-9,18H,5-7H2,1-4H3,(H,17,19). The average molecular weight is 284 g/mol. The van der Waals surface area contributed by atoms with Crippen LogP contribution < -0.4 is 5.32 Å². The number of aryl methyl sites for hydroxylation is 2. The van der Waals surface area contributed by atoms with Crippen LogP contribution in [0, 0.1) is 13.8 Å². The van der Waals surface area contributed by atoms with Gasteiger partial charge >= 0.3 is 0 Å². The third-order valence-electron chi connectivity index (χ3n) is 3.69. The zero-order valence-corrected chi connectivity index (χ0v) is 12.8. The number of carbonyl (C=O) groups is 1. The van der Waals surface area contributed by atoms with Gasteiger partial charge in [-0.25, -0.2) is 0 Å². The molecule has 0 radical (unpaired) electrons. The summed E-state index contributed by atoms with van der Waals surface area (Å²) in [6, 6.07) is 3.61. The average Bonchev–Trinajstić information content (AvgIpc) is 2.33. The Labute approximate surface area is 120 Å². The number of amides is 1. The van der Waals surface area contributed by atoms with Gasteiger partial charge in [0.25, 0.3) is 5.91 Å². The molecule has 0 bridgehead atoms. The van der Waals surface area contributed by atoms with Gasteiger partial charge in [0.2, 0.25) is 0 Å². The molecule has 0 saturated heterocycles. The molecule has 0 aromatic heterocycles. The Morgan fingerprint density at radius 3 is 2.47 bits per heavy atom. The lowest BCUT2D eigenvalue weighted by molar-refractivity contribution is 0.0886. The SMILES string of the molecule is CCC(C)(CCO)NC(=O)c1cc(C)c(C)cc1Cl. The van der Waals surface area contributed by atoms with Gasteiger partial charge in [0.05, 0.1) is 10.6 Å².